The number of aromatic nitrogens is 1. The van der Waals surface area contributed by atoms with E-state index in [-0.39, 0.29) is 15.8 Å². The van der Waals surface area contributed by atoms with Crippen LogP contribution in [0.4, 0.5) is 4.39 Å². The number of pyridine rings is 1. The first-order valence-corrected chi connectivity index (χ1v) is 5.45. The van der Waals surface area contributed by atoms with Gasteiger partial charge in [0.2, 0.25) is 0 Å². The minimum atomic E-state index is -4.38. The topological polar surface area (TPSA) is 67.3 Å². The summed E-state index contributed by atoms with van der Waals surface area (Å²) in [6, 6.07) is 4.85. The summed E-state index contributed by atoms with van der Waals surface area (Å²) in [6.45, 7) is 0. The number of hydrogen-bond donors (Lipinski definition) is 1. The summed E-state index contributed by atoms with van der Waals surface area (Å²) in [5.74, 6) is -0.578. The third kappa shape index (κ3) is 1.69. The third-order valence-electron chi connectivity index (χ3n) is 1.96. The molecule has 0 aliphatic rings. The molecule has 0 spiro atoms. The molecule has 2 rings (SSSR count). The van der Waals surface area contributed by atoms with Crippen molar-refractivity contribution in [3.63, 3.8) is 0 Å². The Morgan fingerprint density at radius 3 is 2.67 bits per heavy atom. The third-order valence-corrected chi connectivity index (χ3v) is 2.84. The van der Waals surface area contributed by atoms with Crippen molar-refractivity contribution in [2.45, 2.75) is 4.90 Å². The molecular weight excluding hydrogens is 221 g/mol. The van der Waals surface area contributed by atoms with Gasteiger partial charge in [-0.25, -0.2) is 4.39 Å². The van der Waals surface area contributed by atoms with Crippen LogP contribution in [0.1, 0.15) is 0 Å². The molecule has 0 fully saturated rings. The molecule has 0 atom stereocenters. The van der Waals surface area contributed by atoms with Crippen LogP contribution in [0, 0.1) is 5.82 Å². The van der Waals surface area contributed by atoms with Crippen molar-refractivity contribution < 1.29 is 17.4 Å². The number of nitrogens with zero attached hydrogens (tertiary/aromatic N) is 1. The van der Waals surface area contributed by atoms with E-state index in [9.17, 15) is 12.8 Å². The molecule has 1 heterocycles. The molecule has 0 bridgehead atoms. The average molecular weight is 227 g/mol. The zero-order valence-corrected chi connectivity index (χ0v) is 8.20. The zero-order valence-electron chi connectivity index (χ0n) is 7.38. The van der Waals surface area contributed by atoms with Crippen LogP contribution in [-0.4, -0.2) is 18.0 Å². The highest BCUT2D eigenvalue weighted by atomic mass is 32.2. The standard InChI is InChI=1S/C9H6FNO3S/c10-7-3-4-8(15(12,13)14)9-6(7)2-1-5-11-9/h1-5H,(H,12,13,14). The minimum Gasteiger partial charge on any atom is -0.282 e. The lowest BCUT2D eigenvalue weighted by Gasteiger charge is -2.02. The maximum atomic E-state index is 13.2. The Bertz CT molecular complexity index is 624. The van der Waals surface area contributed by atoms with Crippen LogP contribution < -0.4 is 0 Å². The highest BCUT2D eigenvalue weighted by Gasteiger charge is 2.16. The molecule has 0 saturated heterocycles. The maximum absolute atomic E-state index is 13.2. The summed E-state index contributed by atoms with van der Waals surface area (Å²) < 4.78 is 44.0. The van der Waals surface area contributed by atoms with Gasteiger partial charge in [0.1, 0.15) is 10.7 Å². The van der Waals surface area contributed by atoms with Gasteiger partial charge in [-0.2, -0.15) is 8.42 Å². The molecule has 1 aromatic heterocycles. The van der Waals surface area contributed by atoms with Crippen molar-refractivity contribution in [3.8, 4) is 0 Å². The van der Waals surface area contributed by atoms with Crippen molar-refractivity contribution >= 4 is 21.0 Å². The molecule has 0 unspecified atom stereocenters. The molecule has 15 heavy (non-hydrogen) atoms. The van der Waals surface area contributed by atoms with Crippen LogP contribution in [-0.2, 0) is 10.1 Å². The van der Waals surface area contributed by atoms with Crippen LogP contribution in [0.25, 0.3) is 10.9 Å². The number of rotatable bonds is 1. The van der Waals surface area contributed by atoms with Gasteiger partial charge in [-0.1, -0.05) is 0 Å². The van der Waals surface area contributed by atoms with E-state index in [0.29, 0.717) is 0 Å². The molecule has 4 nitrogen and oxygen atoms in total. The fourth-order valence-electron chi connectivity index (χ4n) is 1.32. The first-order chi connectivity index (χ1) is 7.00. The lowest BCUT2D eigenvalue weighted by Crippen LogP contribution is -2.00. The molecule has 78 valence electrons. The van der Waals surface area contributed by atoms with Crippen LogP contribution in [0.5, 0.6) is 0 Å². The Kier molecular flexibility index (Phi) is 2.17. The van der Waals surface area contributed by atoms with Crippen LogP contribution >= 0.6 is 0 Å². The molecule has 1 aromatic carbocycles. The lowest BCUT2D eigenvalue weighted by molar-refractivity contribution is 0.484. The molecule has 0 aliphatic carbocycles. The van der Waals surface area contributed by atoms with E-state index < -0.39 is 15.9 Å². The van der Waals surface area contributed by atoms with E-state index in [0.717, 1.165) is 12.1 Å². The maximum Gasteiger partial charge on any atom is 0.296 e. The fourth-order valence-corrected chi connectivity index (χ4v) is 1.97. The summed E-state index contributed by atoms with van der Waals surface area (Å²) >= 11 is 0. The second-order valence-electron chi connectivity index (χ2n) is 2.92. The highest BCUT2D eigenvalue weighted by Crippen LogP contribution is 2.22. The van der Waals surface area contributed by atoms with Crippen LogP contribution in [0.2, 0.25) is 0 Å². The summed E-state index contributed by atoms with van der Waals surface area (Å²) in [5.41, 5.74) is -0.0694. The number of halogens is 1. The van der Waals surface area contributed by atoms with Gasteiger partial charge in [-0.15, -0.1) is 0 Å². The van der Waals surface area contributed by atoms with Gasteiger partial charge in [0.15, 0.2) is 0 Å². The number of fused-ring (bicyclic) bond motifs is 1. The average Bonchev–Trinajstić information content (AvgIpc) is 2.17. The van der Waals surface area contributed by atoms with Crippen molar-refractivity contribution in [3.05, 3.63) is 36.3 Å². The summed E-state index contributed by atoms with van der Waals surface area (Å²) in [5, 5.41) is 0.0626. The van der Waals surface area contributed by atoms with E-state index in [1.54, 1.807) is 0 Å². The normalized spacial score (nSPS) is 11.9. The van der Waals surface area contributed by atoms with Gasteiger partial charge in [0.05, 0.1) is 5.52 Å². The summed E-state index contributed by atoms with van der Waals surface area (Å²) in [6.07, 6.45) is 1.33. The predicted octanol–water partition coefficient (Wildman–Crippen LogP) is 1.62. The van der Waals surface area contributed by atoms with E-state index in [2.05, 4.69) is 4.98 Å². The lowest BCUT2D eigenvalue weighted by atomic mass is 10.2. The van der Waals surface area contributed by atoms with E-state index in [1.807, 2.05) is 0 Å². The van der Waals surface area contributed by atoms with Gasteiger partial charge < -0.3 is 0 Å². The molecule has 0 saturated carbocycles. The number of hydrogen-bond acceptors (Lipinski definition) is 3. The van der Waals surface area contributed by atoms with Crippen LogP contribution in [0.3, 0.4) is 0 Å². The Hall–Kier alpha value is -1.53. The zero-order chi connectivity index (χ0) is 11.1. The minimum absolute atomic E-state index is 0.0626. The molecule has 0 aliphatic heterocycles. The molecular formula is C9H6FNO3S. The van der Waals surface area contributed by atoms with Crippen molar-refractivity contribution in [1.29, 1.82) is 0 Å². The number of benzene rings is 1. The smallest absolute Gasteiger partial charge is 0.282 e. The highest BCUT2D eigenvalue weighted by molar-refractivity contribution is 7.86. The second kappa shape index (κ2) is 3.25. The van der Waals surface area contributed by atoms with Crippen molar-refractivity contribution in [1.82, 2.24) is 4.98 Å². The van der Waals surface area contributed by atoms with E-state index in [4.69, 9.17) is 4.55 Å². The quantitative estimate of drug-likeness (QED) is 0.752. The monoisotopic (exact) mass is 227 g/mol. The van der Waals surface area contributed by atoms with Gasteiger partial charge in [-0.05, 0) is 24.3 Å². The molecule has 6 heteroatoms. The largest absolute Gasteiger partial charge is 0.296 e. The summed E-state index contributed by atoms with van der Waals surface area (Å²) in [4.78, 5) is 3.34. The Morgan fingerprint density at radius 1 is 1.27 bits per heavy atom. The SMILES string of the molecule is O=S(=O)(O)c1ccc(F)c2cccnc12. The Balaban J connectivity index is 2.96. The van der Waals surface area contributed by atoms with Gasteiger partial charge in [0, 0.05) is 11.6 Å². The van der Waals surface area contributed by atoms with E-state index in [1.165, 1.54) is 18.3 Å². The van der Waals surface area contributed by atoms with Gasteiger partial charge >= 0.3 is 0 Å². The molecule has 1 N–H and O–H groups in total. The van der Waals surface area contributed by atoms with Gasteiger partial charge in [0.25, 0.3) is 10.1 Å². The predicted molar refractivity (Wildman–Crippen MR) is 51.5 cm³/mol. The second-order valence-corrected chi connectivity index (χ2v) is 4.31. The first kappa shape index (κ1) is 10.0. The molecule has 0 radical (unpaired) electrons. The van der Waals surface area contributed by atoms with Crippen molar-refractivity contribution in [2.75, 3.05) is 0 Å². The molecule has 0 amide bonds. The van der Waals surface area contributed by atoms with Crippen LogP contribution in [0.15, 0.2) is 35.4 Å². The fraction of sp³-hybridized carbons (Fsp3) is 0. The van der Waals surface area contributed by atoms with Crippen molar-refractivity contribution in [2.24, 2.45) is 0 Å². The summed E-state index contributed by atoms with van der Waals surface area (Å²) in [7, 11) is -4.38. The van der Waals surface area contributed by atoms with E-state index >= 15 is 0 Å². The first-order valence-electron chi connectivity index (χ1n) is 4.01. The van der Waals surface area contributed by atoms with Gasteiger partial charge in [-0.3, -0.25) is 9.54 Å². The Labute approximate surface area is 85.1 Å². The molecule has 2 aromatic rings. The Morgan fingerprint density at radius 2 is 2.00 bits per heavy atom.